The number of hydrogen-bond acceptors (Lipinski definition) is 4. The van der Waals surface area contributed by atoms with Gasteiger partial charge in [0.05, 0.1) is 6.07 Å². The molecule has 120 valence electrons. The van der Waals surface area contributed by atoms with Crippen molar-refractivity contribution in [2.45, 2.75) is 69.5 Å². The Morgan fingerprint density at radius 3 is 2.38 bits per heavy atom. The highest BCUT2D eigenvalue weighted by atomic mass is 15.2. The largest absolute Gasteiger partial charge is 0.306 e. The van der Waals surface area contributed by atoms with Crippen molar-refractivity contribution in [3.05, 3.63) is 0 Å². The van der Waals surface area contributed by atoms with Gasteiger partial charge in [-0.25, -0.2) is 0 Å². The fraction of sp³-hybridized carbons (Fsp3) is 0.941. The molecule has 1 unspecified atom stereocenters. The highest BCUT2D eigenvalue weighted by Crippen LogP contribution is 2.27. The first kappa shape index (κ1) is 16.7. The number of rotatable bonds is 8. The Bertz CT molecular complexity index is 350. The molecule has 0 radical (unpaired) electrons. The van der Waals surface area contributed by atoms with Crippen molar-refractivity contribution >= 4 is 0 Å². The van der Waals surface area contributed by atoms with Crippen LogP contribution < -0.4 is 5.32 Å². The van der Waals surface area contributed by atoms with E-state index in [2.05, 4.69) is 42.2 Å². The van der Waals surface area contributed by atoms with E-state index < -0.39 is 0 Å². The van der Waals surface area contributed by atoms with Crippen LogP contribution in [0.4, 0.5) is 0 Å². The van der Waals surface area contributed by atoms with E-state index >= 15 is 0 Å². The van der Waals surface area contributed by atoms with E-state index in [9.17, 15) is 5.26 Å². The summed E-state index contributed by atoms with van der Waals surface area (Å²) in [5.41, 5.74) is -0.275. The molecular weight excluding hydrogens is 260 g/mol. The lowest BCUT2D eigenvalue weighted by atomic mass is 9.91. The monoisotopic (exact) mass is 292 g/mol. The van der Waals surface area contributed by atoms with Crippen LogP contribution in [0, 0.1) is 11.3 Å². The summed E-state index contributed by atoms with van der Waals surface area (Å²) in [4.78, 5) is 4.93. The minimum absolute atomic E-state index is 0.275. The van der Waals surface area contributed by atoms with Gasteiger partial charge in [0, 0.05) is 12.1 Å². The van der Waals surface area contributed by atoms with Crippen molar-refractivity contribution in [1.82, 2.24) is 15.1 Å². The van der Waals surface area contributed by atoms with Gasteiger partial charge in [-0.1, -0.05) is 6.92 Å². The Morgan fingerprint density at radius 1 is 1.24 bits per heavy atom. The molecule has 1 N–H and O–H groups in total. The van der Waals surface area contributed by atoms with Gasteiger partial charge in [-0.3, -0.25) is 5.32 Å². The summed E-state index contributed by atoms with van der Waals surface area (Å²) in [6, 6.07) is 3.93. The van der Waals surface area contributed by atoms with E-state index in [0.717, 1.165) is 31.8 Å². The van der Waals surface area contributed by atoms with Gasteiger partial charge in [0.15, 0.2) is 0 Å². The van der Waals surface area contributed by atoms with Crippen LogP contribution in [0.15, 0.2) is 0 Å². The zero-order chi connectivity index (χ0) is 15.3. The number of nitrogens with one attached hydrogen (secondary N) is 1. The fourth-order valence-electron chi connectivity index (χ4n) is 3.40. The third-order valence-corrected chi connectivity index (χ3v) is 5.24. The van der Waals surface area contributed by atoms with Crippen LogP contribution in [0.3, 0.4) is 0 Å². The molecule has 21 heavy (non-hydrogen) atoms. The third-order valence-electron chi connectivity index (χ3n) is 5.24. The zero-order valence-electron chi connectivity index (χ0n) is 14.1. The van der Waals surface area contributed by atoms with Gasteiger partial charge in [0.1, 0.15) is 5.54 Å². The number of nitrogens with zero attached hydrogens (tertiary/aromatic N) is 3. The van der Waals surface area contributed by atoms with Gasteiger partial charge in [-0.2, -0.15) is 5.26 Å². The highest BCUT2D eigenvalue weighted by Gasteiger charge is 2.34. The predicted octanol–water partition coefficient (Wildman–Crippen LogP) is 2.22. The molecule has 0 aromatic rings. The molecule has 1 saturated carbocycles. The SMILES string of the molecule is CCC(C#N)(CCCN1CCC(N(C)C)CC1)NC1CC1. The highest BCUT2D eigenvalue weighted by molar-refractivity contribution is 5.09. The minimum Gasteiger partial charge on any atom is -0.306 e. The molecule has 0 amide bonds. The predicted molar refractivity (Wildman–Crippen MR) is 87.2 cm³/mol. The summed E-state index contributed by atoms with van der Waals surface area (Å²) < 4.78 is 0. The van der Waals surface area contributed by atoms with E-state index in [1.165, 1.54) is 38.8 Å². The van der Waals surface area contributed by atoms with Crippen LogP contribution in [0.25, 0.3) is 0 Å². The van der Waals surface area contributed by atoms with Crippen molar-refractivity contribution in [3.8, 4) is 6.07 Å². The Labute approximate surface area is 130 Å². The second kappa shape index (κ2) is 7.58. The first-order valence-corrected chi connectivity index (χ1v) is 8.66. The van der Waals surface area contributed by atoms with E-state index in [0.29, 0.717) is 6.04 Å². The molecule has 4 heteroatoms. The van der Waals surface area contributed by atoms with Crippen LogP contribution in [0.5, 0.6) is 0 Å². The van der Waals surface area contributed by atoms with Crippen LogP contribution >= 0.6 is 0 Å². The molecule has 4 nitrogen and oxygen atoms in total. The quantitative estimate of drug-likeness (QED) is 0.745. The molecule has 1 atom stereocenters. The molecule has 2 aliphatic rings. The summed E-state index contributed by atoms with van der Waals surface area (Å²) >= 11 is 0. The first-order chi connectivity index (χ1) is 10.1. The number of piperidine rings is 1. The van der Waals surface area contributed by atoms with Crippen LogP contribution in [-0.4, -0.2) is 61.2 Å². The summed E-state index contributed by atoms with van der Waals surface area (Å²) in [7, 11) is 4.37. The summed E-state index contributed by atoms with van der Waals surface area (Å²) in [5, 5.41) is 13.1. The molecule has 0 aromatic carbocycles. The van der Waals surface area contributed by atoms with Crippen LogP contribution in [0.1, 0.15) is 51.9 Å². The maximum absolute atomic E-state index is 9.55. The first-order valence-electron chi connectivity index (χ1n) is 8.66. The normalized spacial score (nSPS) is 24.0. The Morgan fingerprint density at radius 2 is 1.90 bits per heavy atom. The molecule has 1 aliphatic carbocycles. The van der Waals surface area contributed by atoms with E-state index in [1.54, 1.807) is 0 Å². The van der Waals surface area contributed by atoms with Crippen LogP contribution in [-0.2, 0) is 0 Å². The summed E-state index contributed by atoms with van der Waals surface area (Å²) in [6.45, 7) is 5.71. The average molecular weight is 292 g/mol. The van der Waals surface area contributed by atoms with Crippen LogP contribution in [0.2, 0.25) is 0 Å². The molecule has 2 fully saturated rings. The molecule has 0 spiro atoms. The zero-order valence-corrected chi connectivity index (χ0v) is 14.1. The average Bonchev–Trinajstić information content (AvgIpc) is 3.30. The third kappa shape index (κ3) is 4.95. The van der Waals surface area contributed by atoms with E-state index in [4.69, 9.17) is 0 Å². The molecule has 0 aromatic heterocycles. The second-order valence-corrected chi connectivity index (χ2v) is 7.11. The molecule has 0 bridgehead atoms. The fourth-order valence-corrected chi connectivity index (χ4v) is 3.40. The second-order valence-electron chi connectivity index (χ2n) is 7.11. The van der Waals surface area contributed by atoms with Gasteiger partial charge in [0.2, 0.25) is 0 Å². The van der Waals surface area contributed by atoms with Gasteiger partial charge in [-0.05, 0) is 78.7 Å². The minimum atomic E-state index is -0.275. The van der Waals surface area contributed by atoms with Crippen molar-refractivity contribution < 1.29 is 0 Å². The van der Waals surface area contributed by atoms with E-state index in [-0.39, 0.29) is 5.54 Å². The molecule has 1 aliphatic heterocycles. The Kier molecular flexibility index (Phi) is 6.04. The van der Waals surface area contributed by atoms with Gasteiger partial charge in [0.25, 0.3) is 0 Å². The lowest BCUT2D eigenvalue weighted by Crippen LogP contribution is -2.46. The Balaban J connectivity index is 1.69. The maximum atomic E-state index is 9.55. The van der Waals surface area contributed by atoms with Gasteiger partial charge >= 0.3 is 0 Å². The topological polar surface area (TPSA) is 42.3 Å². The van der Waals surface area contributed by atoms with Crippen molar-refractivity contribution in [1.29, 1.82) is 5.26 Å². The standard InChI is InChI=1S/C17H32N4/c1-4-17(14-18,19-15-6-7-15)10-5-11-21-12-8-16(9-13-21)20(2)3/h15-16,19H,4-13H2,1-3H3. The smallest absolute Gasteiger partial charge is 0.106 e. The Hall–Kier alpha value is -0.630. The van der Waals surface area contributed by atoms with Crippen molar-refractivity contribution in [2.24, 2.45) is 0 Å². The number of nitriles is 1. The lowest BCUT2D eigenvalue weighted by Gasteiger charge is -2.35. The van der Waals surface area contributed by atoms with Gasteiger partial charge in [-0.15, -0.1) is 0 Å². The maximum Gasteiger partial charge on any atom is 0.106 e. The molecule has 1 saturated heterocycles. The van der Waals surface area contributed by atoms with Gasteiger partial charge < -0.3 is 9.80 Å². The molecule has 1 heterocycles. The molecule has 2 rings (SSSR count). The summed E-state index contributed by atoms with van der Waals surface area (Å²) in [5.74, 6) is 0. The number of hydrogen-bond donors (Lipinski definition) is 1. The number of likely N-dealkylation sites (tertiary alicyclic amines) is 1. The van der Waals surface area contributed by atoms with Crippen molar-refractivity contribution in [3.63, 3.8) is 0 Å². The lowest BCUT2D eigenvalue weighted by molar-refractivity contribution is 0.141. The molecular formula is C17H32N4. The van der Waals surface area contributed by atoms with E-state index in [1.807, 2.05) is 0 Å². The summed E-state index contributed by atoms with van der Waals surface area (Å²) in [6.07, 6.45) is 8.11. The van der Waals surface area contributed by atoms with Crippen molar-refractivity contribution in [2.75, 3.05) is 33.7 Å².